The molecule has 220 valence electrons. The van der Waals surface area contributed by atoms with E-state index in [0.29, 0.717) is 26.0 Å². The molecule has 1 atom stereocenters. The summed E-state index contributed by atoms with van der Waals surface area (Å²) >= 11 is 7.22. The maximum Gasteiger partial charge on any atom is 0.307 e. The van der Waals surface area contributed by atoms with Crippen LogP contribution in [0.2, 0.25) is 0 Å². The number of aryl methyl sites for hydroxylation is 3. The van der Waals surface area contributed by atoms with Crippen LogP contribution >= 0.6 is 31.9 Å². The molecule has 1 unspecified atom stereocenters. The largest absolute Gasteiger partial charge is 0.508 e. The van der Waals surface area contributed by atoms with Crippen molar-refractivity contribution >= 4 is 37.8 Å². The monoisotopic (exact) mass is 694 g/mol. The molecular formula is C35H36Br2O5. The first kappa shape index (κ1) is 31.6. The Hall–Kier alpha value is -3.29. The molecule has 7 heteroatoms. The summed E-state index contributed by atoms with van der Waals surface area (Å²) in [5, 5.41) is 20.7. The van der Waals surface area contributed by atoms with Crippen LogP contribution in [-0.4, -0.2) is 23.3 Å². The van der Waals surface area contributed by atoms with Gasteiger partial charge in [-0.05, 0) is 111 Å². The fraction of sp³-hybridized carbons (Fsp3) is 0.286. The normalized spacial score (nSPS) is 12.2. The van der Waals surface area contributed by atoms with Gasteiger partial charge in [-0.2, -0.15) is 0 Å². The highest BCUT2D eigenvalue weighted by atomic mass is 79.9. The van der Waals surface area contributed by atoms with Gasteiger partial charge >= 0.3 is 5.97 Å². The fourth-order valence-corrected chi connectivity index (χ4v) is 6.87. The number of benzene rings is 4. The number of rotatable bonds is 8. The number of aliphatic carboxylic acids is 1. The van der Waals surface area contributed by atoms with Crippen molar-refractivity contribution in [3.63, 3.8) is 0 Å². The van der Waals surface area contributed by atoms with Gasteiger partial charge in [-0.1, -0.05) is 56.7 Å². The van der Waals surface area contributed by atoms with Gasteiger partial charge in [0.25, 0.3) is 0 Å². The maximum atomic E-state index is 11.4. The Balaban J connectivity index is 2.05. The third-order valence-corrected chi connectivity index (χ3v) is 8.43. The number of carboxylic acids is 1. The molecule has 0 radical (unpaired) electrons. The number of carbonyl (C=O) groups is 1. The van der Waals surface area contributed by atoms with Crippen molar-refractivity contribution in [2.75, 3.05) is 7.11 Å². The van der Waals surface area contributed by atoms with Crippen molar-refractivity contribution in [3.05, 3.63) is 114 Å². The zero-order valence-corrected chi connectivity index (χ0v) is 28.1. The summed E-state index contributed by atoms with van der Waals surface area (Å²) in [5.74, 6) is 0.754. The second-order valence-corrected chi connectivity index (χ2v) is 13.5. The van der Waals surface area contributed by atoms with Crippen LogP contribution < -0.4 is 9.47 Å². The van der Waals surface area contributed by atoms with E-state index in [0.717, 1.165) is 44.7 Å². The van der Waals surface area contributed by atoms with Crippen molar-refractivity contribution in [1.29, 1.82) is 0 Å². The SMILES string of the molecule is COc1cc(C(c2cccc(C)c2)c2c(C)cc(C)cc2O)c(Oc2c(Br)cc(CC(=O)O)cc2Br)cc1C(C)(C)C. The van der Waals surface area contributed by atoms with Crippen LogP contribution in [0.4, 0.5) is 0 Å². The summed E-state index contributed by atoms with van der Waals surface area (Å²) < 4.78 is 13.9. The molecule has 5 nitrogen and oxygen atoms in total. The molecule has 4 aromatic carbocycles. The predicted molar refractivity (Wildman–Crippen MR) is 175 cm³/mol. The molecule has 0 saturated carbocycles. The Morgan fingerprint density at radius 1 is 0.905 bits per heavy atom. The number of phenols is 1. The van der Waals surface area contributed by atoms with Gasteiger partial charge in [-0.25, -0.2) is 0 Å². The van der Waals surface area contributed by atoms with E-state index in [1.54, 1.807) is 25.3 Å². The summed E-state index contributed by atoms with van der Waals surface area (Å²) in [6.07, 6.45) is -0.110. The number of halogens is 2. The quantitative estimate of drug-likeness (QED) is 0.180. The molecule has 2 N–H and O–H groups in total. The number of carboxylic acid groups (broad SMARTS) is 1. The van der Waals surface area contributed by atoms with Crippen molar-refractivity contribution in [3.8, 4) is 23.0 Å². The average Bonchev–Trinajstić information content (AvgIpc) is 2.87. The lowest BCUT2D eigenvalue weighted by Crippen LogP contribution is -2.15. The number of ether oxygens (including phenoxy) is 2. The summed E-state index contributed by atoms with van der Waals surface area (Å²) in [7, 11) is 1.67. The van der Waals surface area contributed by atoms with E-state index in [1.165, 1.54) is 0 Å². The first-order valence-electron chi connectivity index (χ1n) is 13.7. The van der Waals surface area contributed by atoms with E-state index < -0.39 is 5.97 Å². The summed E-state index contributed by atoms with van der Waals surface area (Å²) in [4.78, 5) is 11.4. The van der Waals surface area contributed by atoms with Gasteiger partial charge < -0.3 is 19.7 Å². The topological polar surface area (TPSA) is 76.0 Å². The number of methoxy groups -OCH3 is 1. The second kappa shape index (κ2) is 12.5. The van der Waals surface area contributed by atoms with Crippen LogP contribution in [0, 0.1) is 20.8 Å². The molecule has 4 rings (SSSR count). The van der Waals surface area contributed by atoms with Gasteiger partial charge in [0.05, 0.1) is 22.5 Å². The van der Waals surface area contributed by atoms with Crippen LogP contribution in [0.5, 0.6) is 23.0 Å². The molecule has 0 fully saturated rings. The molecule has 0 aliphatic heterocycles. The Morgan fingerprint density at radius 3 is 2.12 bits per heavy atom. The van der Waals surface area contributed by atoms with Crippen molar-refractivity contribution in [2.45, 2.75) is 59.3 Å². The van der Waals surface area contributed by atoms with E-state index in [4.69, 9.17) is 9.47 Å². The standard InChI is InChI=1S/C35H36Br2O5/c1-19-9-8-10-23(12-19)33(32-21(3)11-20(2)13-28(32)38)24-17-30(41-7)25(35(4,5)6)18-29(24)42-34-26(36)14-22(15-27(34)37)16-31(39)40/h8-15,17-18,33,38H,16H2,1-7H3,(H,39,40). The molecule has 4 aromatic rings. The summed E-state index contributed by atoms with van der Waals surface area (Å²) in [6, 6.07) is 19.7. The highest BCUT2D eigenvalue weighted by Crippen LogP contribution is 2.49. The van der Waals surface area contributed by atoms with Crippen molar-refractivity contribution in [1.82, 2.24) is 0 Å². The molecule has 42 heavy (non-hydrogen) atoms. The number of phenolic OH excluding ortho intramolecular Hbond substituents is 1. The Morgan fingerprint density at radius 2 is 1.57 bits per heavy atom. The van der Waals surface area contributed by atoms with Gasteiger partial charge in [0.15, 0.2) is 5.75 Å². The molecule has 0 spiro atoms. The third-order valence-electron chi connectivity index (χ3n) is 7.25. The maximum absolute atomic E-state index is 11.4. The molecule has 0 aliphatic rings. The zero-order chi connectivity index (χ0) is 30.9. The predicted octanol–water partition coefficient (Wildman–Crippen LogP) is 9.75. The third kappa shape index (κ3) is 6.84. The molecule has 0 saturated heterocycles. The minimum atomic E-state index is -0.913. The van der Waals surface area contributed by atoms with Gasteiger partial charge in [0.2, 0.25) is 0 Å². The smallest absolute Gasteiger partial charge is 0.307 e. The fourth-order valence-electron chi connectivity index (χ4n) is 5.42. The minimum absolute atomic E-state index is 0.110. The summed E-state index contributed by atoms with van der Waals surface area (Å²) in [6.45, 7) is 12.4. The average molecular weight is 696 g/mol. The number of aromatic hydroxyl groups is 1. The molecular weight excluding hydrogens is 660 g/mol. The van der Waals surface area contributed by atoms with E-state index in [2.05, 4.69) is 83.8 Å². The van der Waals surface area contributed by atoms with Gasteiger partial charge in [-0.3, -0.25) is 4.79 Å². The Bertz CT molecular complexity index is 1610. The Kier molecular flexibility index (Phi) is 9.43. The van der Waals surface area contributed by atoms with E-state index in [1.807, 2.05) is 32.0 Å². The minimum Gasteiger partial charge on any atom is -0.508 e. The van der Waals surface area contributed by atoms with Crippen LogP contribution in [0.25, 0.3) is 0 Å². The van der Waals surface area contributed by atoms with Gasteiger partial charge in [0, 0.05) is 22.6 Å². The first-order chi connectivity index (χ1) is 19.7. The van der Waals surface area contributed by atoms with Crippen LogP contribution in [0.15, 0.2) is 69.6 Å². The number of hydrogen-bond acceptors (Lipinski definition) is 4. The molecule has 0 heterocycles. The Labute approximate surface area is 264 Å². The lowest BCUT2D eigenvalue weighted by molar-refractivity contribution is -0.136. The van der Waals surface area contributed by atoms with Gasteiger partial charge in [-0.15, -0.1) is 0 Å². The lowest BCUT2D eigenvalue weighted by atomic mass is 9.79. The van der Waals surface area contributed by atoms with Crippen LogP contribution in [0.3, 0.4) is 0 Å². The highest BCUT2D eigenvalue weighted by molar-refractivity contribution is 9.11. The van der Waals surface area contributed by atoms with E-state index in [-0.39, 0.29) is 23.5 Å². The van der Waals surface area contributed by atoms with Crippen molar-refractivity contribution in [2.24, 2.45) is 0 Å². The van der Waals surface area contributed by atoms with Crippen LogP contribution in [-0.2, 0) is 16.6 Å². The lowest BCUT2D eigenvalue weighted by Gasteiger charge is -2.29. The van der Waals surface area contributed by atoms with Gasteiger partial charge in [0.1, 0.15) is 17.2 Å². The first-order valence-corrected chi connectivity index (χ1v) is 15.2. The van der Waals surface area contributed by atoms with Crippen LogP contribution in [0.1, 0.15) is 71.2 Å². The molecule has 0 aliphatic carbocycles. The zero-order valence-electron chi connectivity index (χ0n) is 24.9. The molecule has 0 amide bonds. The summed E-state index contributed by atoms with van der Waals surface area (Å²) in [5.41, 5.74) is 6.99. The molecule has 0 aromatic heterocycles. The van der Waals surface area contributed by atoms with E-state index in [9.17, 15) is 15.0 Å². The molecule has 0 bridgehead atoms. The van der Waals surface area contributed by atoms with E-state index >= 15 is 0 Å². The second-order valence-electron chi connectivity index (χ2n) is 11.8. The van der Waals surface area contributed by atoms with Crippen molar-refractivity contribution < 1.29 is 24.5 Å². The highest BCUT2D eigenvalue weighted by Gasteiger charge is 2.30. The number of hydrogen-bond donors (Lipinski definition) is 2.